The zero-order valence-electron chi connectivity index (χ0n) is 19.7. The Morgan fingerprint density at radius 1 is 1.08 bits per heavy atom. The SMILES string of the molecule is O=C(CSc1nnc(NC(=O)c2ccc(S(=O)(=O)N3CCOCC3)cc2)s1)Nc1cc(C(F)(F)F)ccc1Cl. The zero-order chi connectivity index (χ0) is 28.2. The second-order valence-electron chi connectivity index (χ2n) is 7.90. The number of aromatic nitrogens is 2. The summed E-state index contributed by atoms with van der Waals surface area (Å²) in [5, 5.41) is 12.7. The molecule has 1 aliphatic rings. The van der Waals surface area contributed by atoms with E-state index in [9.17, 15) is 31.2 Å². The van der Waals surface area contributed by atoms with Gasteiger partial charge in [0.25, 0.3) is 5.91 Å². The van der Waals surface area contributed by atoms with Crippen molar-refractivity contribution in [2.24, 2.45) is 0 Å². The van der Waals surface area contributed by atoms with Gasteiger partial charge in [0.05, 0.1) is 40.1 Å². The first kappa shape index (κ1) is 29.2. The minimum Gasteiger partial charge on any atom is -0.379 e. The predicted molar refractivity (Wildman–Crippen MR) is 140 cm³/mol. The van der Waals surface area contributed by atoms with E-state index < -0.39 is 33.6 Å². The van der Waals surface area contributed by atoms with E-state index in [4.69, 9.17) is 16.3 Å². The summed E-state index contributed by atoms with van der Waals surface area (Å²) in [4.78, 5) is 24.9. The number of sulfonamides is 1. The monoisotopic (exact) mass is 621 g/mol. The number of nitrogens with zero attached hydrogens (tertiary/aromatic N) is 3. The Balaban J connectivity index is 1.31. The van der Waals surface area contributed by atoms with Crippen molar-refractivity contribution in [3.05, 3.63) is 58.6 Å². The van der Waals surface area contributed by atoms with Crippen molar-refractivity contribution in [2.75, 3.05) is 42.7 Å². The van der Waals surface area contributed by atoms with Gasteiger partial charge in [0.1, 0.15) is 0 Å². The Bertz CT molecular complexity index is 1460. The van der Waals surface area contributed by atoms with Crippen molar-refractivity contribution in [3.63, 3.8) is 0 Å². The van der Waals surface area contributed by atoms with Crippen LogP contribution in [0.5, 0.6) is 0 Å². The van der Waals surface area contributed by atoms with Crippen LogP contribution in [0, 0.1) is 0 Å². The third-order valence-electron chi connectivity index (χ3n) is 5.25. The zero-order valence-corrected chi connectivity index (χ0v) is 22.9. The van der Waals surface area contributed by atoms with Crippen LogP contribution in [0.4, 0.5) is 24.0 Å². The van der Waals surface area contributed by atoms with Crippen molar-refractivity contribution in [1.82, 2.24) is 14.5 Å². The maximum Gasteiger partial charge on any atom is 0.416 e. The molecule has 0 bridgehead atoms. The van der Waals surface area contributed by atoms with Crippen molar-refractivity contribution in [2.45, 2.75) is 15.4 Å². The summed E-state index contributed by atoms with van der Waals surface area (Å²) >= 11 is 7.83. The Morgan fingerprint density at radius 3 is 2.44 bits per heavy atom. The molecule has 0 spiro atoms. The molecule has 208 valence electrons. The molecule has 2 N–H and O–H groups in total. The van der Waals surface area contributed by atoms with Gasteiger partial charge in [-0.3, -0.25) is 14.9 Å². The normalized spacial score (nSPS) is 14.7. The number of carbonyl (C=O) groups is 2. The van der Waals surface area contributed by atoms with Crippen molar-refractivity contribution < 1.29 is 35.9 Å². The number of benzene rings is 2. The van der Waals surface area contributed by atoms with Gasteiger partial charge in [-0.1, -0.05) is 34.7 Å². The lowest BCUT2D eigenvalue weighted by Crippen LogP contribution is -2.40. The van der Waals surface area contributed by atoms with E-state index in [1.807, 2.05) is 0 Å². The first-order chi connectivity index (χ1) is 18.4. The van der Waals surface area contributed by atoms with Gasteiger partial charge >= 0.3 is 6.18 Å². The lowest BCUT2D eigenvalue weighted by Gasteiger charge is -2.26. The minimum atomic E-state index is -4.59. The summed E-state index contributed by atoms with van der Waals surface area (Å²) in [7, 11) is -3.70. The second-order valence-corrected chi connectivity index (χ2v) is 12.4. The summed E-state index contributed by atoms with van der Waals surface area (Å²) in [5.41, 5.74) is -0.934. The molecule has 1 fully saturated rings. The summed E-state index contributed by atoms with van der Waals surface area (Å²) in [6.45, 7) is 1.14. The fraction of sp³-hybridized carbons (Fsp3) is 0.273. The lowest BCUT2D eigenvalue weighted by molar-refractivity contribution is -0.137. The molecule has 39 heavy (non-hydrogen) atoms. The summed E-state index contributed by atoms with van der Waals surface area (Å²) in [5.74, 6) is -1.36. The van der Waals surface area contributed by atoms with Gasteiger partial charge in [0, 0.05) is 18.7 Å². The van der Waals surface area contributed by atoms with Crippen molar-refractivity contribution >= 4 is 67.4 Å². The van der Waals surface area contributed by atoms with E-state index in [2.05, 4.69) is 20.8 Å². The molecule has 0 radical (unpaired) electrons. The van der Waals surface area contributed by atoms with Gasteiger partial charge in [-0.05, 0) is 42.5 Å². The van der Waals surface area contributed by atoms with Crippen molar-refractivity contribution in [1.29, 1.82) is 0 Å². The van der Waals surface area contributed by atoms with E-state index in [0.717, 1.165) is 41.3 Å². The van der Waals surface area contributed by atoms with Gasteiger partial charge in [-0.2, -0.15) is 17.5 Å². The molecule has 1 saturated heterocycles. The van der Waals surface area contributed by atoms with E-state index in [1.165, 1.54) is 28.6 Å². The molecule has 17 heteroatoms. The smallest absolute Gasteiger partial charge is 0.379 e. The molecule has 4 rings (SSSR count). The molecule has 2 heterocycles. The summed E-state index contributed by atoms with van der Waals surface area (Å²) < 4.78 is 71.0. The average Bonchev–Trinajstić information content (AvgIpc) is 3.36. The molecule has 1 aliphatic heterocycles. The number of carbonyl (C=O) groups excluding carboxylic acids is 2. The van der Waals surface area contributed by atoms with Gasteiger partial charge in [0.2, 0.25) is 21.1 Å². The standard InChI is InChI=1S/C22H19ClF3N5O5S3/c23-16-6-3-14(22(24,25)26)11-17(16)27-18(32)12-37-21-30-29-20(38-21)28-19(33)13-1-4-15(5-2-13)39(34,35)31-7-9-36-10-8-31/h1-6,11H,7-10,12H2,(H,27,32)(H,28,29,33). The van der Waals surface area contributed by atoms with Crippen LogP contribution >= 0.6 is 34.7 Å². The van der Waals surface area contributed by atoms with Gasteiger partial charge in [0.15, 0.2) is 4.34 Å². The molecular formula is C22H19ClF3N5O5S3. The number of rotatable bonds is 8. The molecule has 2 amide bonds. The quantitative estimate of drug-likeness (QED) is 0.283. The summed E-state index contributed by atoms with van der Waals surface area (Å²) in [6.07, 6.45) is -4.59. The Hall–Kier alpha value is -2.76. The fourth-order valence-electron chi connectivity index (χ4n) is 3.31. The third kappa shape index (κ3) is 7.46. The number of alkyl halides is 3. The van der Waals surface area contributed by atoms with E-state index in [0.29, 0.717) is 17.6 Å². The number of hydrogen-bond donors (Lipinski definition) is 2. The number of thioether (sulfide) groups is 1. The van der Waals surface area contributed by atoms with Crippen molar-refractivity contribution in [3.8, 4) is 0 Å². The highest BCUT2D eigenvalue weighted by Crippen LogP contribution is 2.34. The fourth-order valence-corrected chi connectivity index (χ4v) is 6.43. The number of hydrogen-bond acceptors (Lipinski definition) is 9. The molecule has 10 nitrogen and oxygen atoms in total. The number of morpholine rings is 1. The molecule has 0 atom stereocenters. The Morgan fingerprint density at radius 2 is 1.77 bits per heavy atom. The van der Waals surface area contributed by atoms with E-state index in [-0.39, 0.29) is 45.1 Å². The van der Waals surface area contributed by atoms with Gasteiger partial charge in [-0.15, -0.1) is 10.2 Å². The molecule has 0 unspecified atom stereocenters. The molecule has 3 aromatic rings. The number of anilines is 2. The molecular weight excluding hydrogens is 603 g/mol. The van der Waals surface area contributed by atoms with Crippen LogP contribution in [-0.4, -0.2) is 66.8 Å². The number of nitrogens with one attached hydrogen (secondary N) is 2. The maximum atomic E-state index is 12.9. The highest BCUT2D eigenvalue weighted by atomic mass is 35.5. The Kier molecular flexibility index (Phi) is 9.13. The molecule has 1 aromatic heterocycles. The number of amides is 2. The highest BCUT2D eigenvalue weighted by molar-refractivity contribution is 8.01. The van der Waals surface area contributed by atoms with E-state index >= 15 is 0 Å². The van der Waals surface area contributed by atoms with Crippen LogP contribution in [0.2, 0.25) is 5.02 Å². The topological polar surface area (TPSA) is 131 Å². The maximum absolute atomic E-state index is 12.9. The average molecular weight is 622 g/mol. The minimum absolute atomic E-state index is 0.0472. The second kappa shape index (κ2) is 12.2. The third-order valence-corrected chi connectivity index (χ3v) is 9.46. The number of halogens is 4. The van der Waals surface area contributed by atoms with Gasteiger partial charge < -0.3 is 10.1 Å². The first-order valence-electron chi connectivity index (χ1n) is 11.1. The first-order valence-corrected chi connectivity index (χ1v) is 14.7. The highest BCUT2D eigenvalue weighted by Gasteiger charge is 2.31. The largest absolute Gasteiger partial charge is 0.416 e. The van der Waals surface area contributed by atoms with Crippen LogP contribution in [0.15, 0.2) is 51.7 Å². The number of ether oxygens (including phenoxy) is 1. The summed E-state index contributed by atoms with van der Waals surface area (Å²) in [6, 6.07) is 8.04. The lowest BCUT2D eigenvalue weighted by atomic mass is 10.2. The molecule has 0 saturated carbocycles. The van der Waals surface area contributed by atoms with Crippen LogP contribution in [0.1, 0.15) is 15.9 Å². The van der Waals surface area contributed by atoms with Crippen LogP contribution in [-0.2, 0) is 25.7 Å². The molecule has 0 aliphatic carbocycles. The Labute approximate surface area is 233 Å². The molecule has 2 aromatic carbocycles. The predicted octanol–water partition coefficient (Wildman–Crippen LogP) is 4.21. The van der Waals surface area contributed by atoms with Crippen LogP contribution in [0.3, 0.4) is 0 Å². The van der Waals surface area contributed by atoms with Crippen LogP contribution < -0.4 is 10.6 Å². The van der Waals surface area contributed by atoms with Gasteiger partial charge in [-0.25, -0.2) is 8.42 Å². The van der Waals surface area contributed by atoms with E-state index in [1.54, 1.807) is 0 Å². The van der Waals surface area contributed by atoms with Crippen LogP contribution in [0.25, 0.3) is 0 Å².